The van der Waals surface area contributed by atoms with Crippen LogP contribution < -0.4 is 14.2 Å². The van der Waals surface area contributed by atoms with Gasteiger partial charge in [0.2, 0.25) is 5.78 Å². The minimum Gasteiger partial charge on any atom is -0.496 e. The number of rotatable bonds is 6. The van der Waals surface area contributed by atoms with Gasteiger partial charge in [0, 0.05) is 40.3 Å². The fraction of sp³-hybridized carbons (Fsp3) is 0.179. The van der Waals surface area contributed by atoms with Crippen molar-refractivity contribution >= 4 is 22.8 Å². The molecule has 0 saturated carbocycles. The highest BCUT2D eigenvalue weighted by molar-refractivity contribution is 6.15. The number of allylic oxidation sites excluding steroid dienone is 1. The molecule has 0 aliphatic carbocycles. The molecule has 0 atom stereocenters. The van der Waals surface area contributed by atoms with Crippen molar-refractivity contribution in [2.75, 3.05) is 7.11 Å². The van der Waals surface area contributed by atoms with Crippen molar-refractivity contribution in [3.8, 4) is 17.2 Å². The van der Waals surface area contributed by atoms with Crippen LogP contribution in [0.15, 0.2) is 72.6 Å². The van der Waals surface area contributed by atoms with Crippen LogP contribution in [-0.2, 0) is 13.2 Å². The van der Waals surface area contributed by atoms with Crippen molar-refractivity contribution in [2.45, 2.75) is 27.0 Å². The van der Waals surface area contributed by atoms with Gasteiger partial charge in [-0.25, -0.2) is 0 Å². The maximum absolute atomic E-state index is 13.1. The van der Waals surface area contributed by atoms with E-state index in [0.29, 0.717) is 29.4 Å². The Kier molecular flexibility index (Phi) is 5.38. The maximum Gasteiger partial charge on any atom is 0.231 e. The number of aryl methyl sites for hydroxylation is 1. The quantitative estimate of drug-likeness (QED) is 0.337. The maximum atomic E-state index is 13.1. The van der Waals surface area contributed by atoms with Crippen LogP contribution in [0.25, 0.3) is 17.0 Å². The largest absolute Gasteiger partial charge is 0.496 e. The Bertz CT molecular complexity index is 1400. The average molecular weight is 440 g/mol. The number of nitrogens with zero attached hydrogens (tertiary/aromatic N) is 1. The molecule has 1 aliphatic heterocycles. The van der Waals surface area contributed by atoms with Crippen molar-refractivity contribution in [3.05, 3.63) is 94.9 Å². The molecule has 0 bridgehead atoms. The molecule has 33 heavy (non-hydrogen) atoms. The average Bonchev–Trinajstić information content (AvgIpc) is 3.37. The molecule has 5 nitrogen and oxygen atoms in total. The number of carbonyl (C=O) groups excluding carboxylic acids is 1. The van der Waals surface area contributed by atoms with Gasteiger partial charge in [-0.1, -0.05) is 36.4 Å². The van der Waals surface area contributed by atoms with Crippen LogP contribution in [-0.4, -0.2) is 17.5 Å². The zero-order valence-corrected chi connectivity index (χ0v) is 18.9. The first-order valence-electron chi connectivity index (χ1n) is 11.0. The van der Waals surface area contributed by atoms with E-state index in [4.69, 9.17) is 14.2 Å². The molecule has 0 saturated heterocycles. The molecule has 0 radical (unpaired) electrons. The number of methoxy groups -OCH3 is 1. The molecule has 166 valence electrons. The van der Waals surface area contributed by atoms with E-state index in [1.54, 1.807) is 13.2 Å². The van der Waals surface area contributed by atoms with Gasteiger partial charge in [-0.15, -0.1) is 0 Å². The lowest BCUT2D eigenvalue weighted by Gasteiger charge is -2.13. The van der Waals surface area contributed by atoms with Crippen molar-refractivity contribution in [1.29, 1.82) is 0 Å². The smallest absolute Gasteiger partial charge is 0.231 e. The zero-order chi connectivity index (χ0) is 22.9. The molecule has 2 heterocycles. The van der Waals surface area contributed by atoms with Crippen molar-refractivity contribution < 1.29 is 19.0 Å². The second-order valence-electron chi connectivity index (χ2n) is 7.99. The van der Waals surface area contributed by atoms with E-state index in [0.717, 1.165) is 39.9 Å². The summed E-state index contributed by atoms with van der Waals surface area (Å²) < 4.78 is 19.7. The van der Waals surface area contributed by atoms with Crippen LogP contribution in [0, 0.1) is 6.92 Å². The minimum absolute atomic E-state index is 0.113. The normalized spacial score (nSPS) is 13.9. The summed E-state index contributed by atoms with van der Waals surface area (Å²) in [5, 5.41) is 1.09. The first-order chi connectivity index (χ1) is 16.1. The van der Waals surface area contributed by atoms with E-state index in [9.17, 15) is 4.79 Å². The number of aromatic nitrogens is 1. The number of hydrogen-bond acceptors (Lipinski definition) is 4. The van der Waals surface area contributed by atoms with E-state index in [2.05, 4.69) is 29.8 Å². The Balaban J connectivity index is 1.44. The molecule has 0 N–H and O–H groups in total. The summed E-state index contributed by atoms with van der Waals surface area (Å²) in [7, 11) is 1.64. The second kappa shape index (κ2) is 8.51. The number of benzene rings is 3. The second-order valence-corrected chi connectivity index (χ2v) is 7.99. The van der Waals surface area contributed by atoms with Crippen LogP contribution in [0.5, 0.6) is 17.2 Å². The summed E-state index contributed by atoms with van der Waals surface area (Å²) in [6.45, 7) is 5.23. The number of hydrogen-bond donors (Lipinski definition) is 0. The Morgan fingerprint density at radius 3 is 2.61 bits per heavy atom. The fourth-order valence-corrected chi connectivity index (χ4v) is 4.30. The minimum atomic E-state index is -0.113. The predicted octanol–water partition coefficient (Wildman–Crippen LogP) is 6.17. The summed E-state index contributed by atoms with van der Waals surface area (Å²) in [5.41, 5.74) is 4.41. The van der Waals surface area contributed by atoms with Crippen LogP contribution in [0.2, 0.25) is 0 Å². The molecular formula is C28H25NO4. The lowest BCUT2D eigenvalue weighted by Crippen LogP contribution is -2.00. The van der Waals surface area contributed by atoms with Gasteiger partial charge >= 0.3 is 0 Å². The highest BCUT2D eigenvalue weighted by Gasteiger charge is 2.30. The molecule has 1 aromatic heterocycles. The number of para-hydroxylation sites is 2. The Morgan fingerprint density at radius 2 is 1.79 bits per heavy atom. The molecular weight excluding hydrogens is 414 g/mol. The standard InChI is InChI=1S/C28H25NO4/c1-4-29-16-20(21-10-6-7-11-23(21)29)15-26-27(30)22-13-14-24(18(2)28(22)33-26)32-17-19-9-5-8-12-25(19)31-3/h5-16H,4,17H2,1-3H3/b26-15+. The summed E-state index contributed by atoms with van der Waals surface area (Å²) in [6.07, 6.45) is 3.90. The summed E-state index contributed by atoms with van der Waals surface area (Å²) in [6, 6.07) is 19.5. The van der Waals surface area contributed by atoms with E-state index in [1.165, 1.54) is 0 Å². The number of fused-ring (bicyclic) bond motifs is 2. The third kappa shape index (κ3) is 3.65. The van der Waals surface area contributed by atoms with Gasteiger partial charge < -0.3 is 18.8 Å². The summed E-state index contributed by atoms with van der Waals surface area (Å²) in [5.74, 6) is 2.23. The molecule has 0 amide bonds. The Morgan fingerprint density at radius 1 is 1.00 bits per heavy atom. The predicted molar refractivity (Wildman–Crippen MR) is 129 cm³/mol. The zero-order valence-electron chi connectivity index (χ0n) is 18.9. The van der Waals surface area contributed by atoms with Gasteiger partial charge in [0.05, 0.1) is 12.7 Å². The fourth-order valence-electron chi connectivity index (χ4n) is 4.30. The van der Waals surface area contributed by atoms with E-state index >= 15 is 0 Å². The molecule has 5 rings (SSSR count). The van der Waals surface area contributed by atoms with Crippen LogP contribution >= 0.6 is 0 Å². The molecule has 5 heteroatoms. The van der Waals surface area contributed by atoms with Gasteiger partial charge in [-0.05, 0) is 44.2 Å². The summed E-state index contributed by atoms with van der Waals surface area (Å²) in [4.78, 5) is 13.1. The SMILES string of the molecule is CCn1cc(/C=C2/Oc3c(ccc(OCc4ccccc4OC)c3C)C2=O)c2ccccc21. The third-order valence-corrected chi connectivity index (χ3v) is 6.06. The number of ether oxygens (including phenoxy) is 3. The lowest BCUT2D eigenvalue weighted by atomic mass is 10.1. The molecule has 0 unspecified atom stereocenters. The highest BCUT2D eigenvalue weighted by Crippen LogP contribution is 2.40. The van der Waals surface area contributed by atoms with Gasteiger partial charge in [0.15, 0.2) is 5.76 Å². The van der Waals surface area contributed by atoms with Crippen molar-refractivity contribution in [3.63, 3.8) is 0 Å². The van der Waals surface area contributed by atoms with E-state index < -0.39 is 0 Å². The van der Waals surface area contributed by atoms with Gasteiger partial charge in [-0.2, -0.15) is 0 Å². The molecule has 0 fully saturated rings. The van der Waals surface area contributed by atoms with Gasteiger partial charge in [-0.3, -0.25) is 4.79 Å². The Hall–Kier alpha value is -3.99. The summed E-state index contributed by atoms with van der Waals surface area (Å²) >= 11 is 0. The van der Waals surface area contributed by atoms with Crippen LogP contribution in [0.3, 0.4) is 0 Å². The van der Waals surface area contributed by atoms with Crippen LogP contribution in [0.4, 0.5) is 0 Å². The van der Waals surface area contributed by atoms with E-state index in [-0.39, 0.29) is 5.78 Å². The van der Waals surface area contributed by atoms with Crippen molar-refractivity contribution in [1.82, 2.24) is 4.57 Å². The van der Waals surface area contributed by atoms with Crippen LogP contribution in [0.1, 0.15) is 34.0 Å². The van der Waals surface area contributed by atoms with E-state index in [1.807, 2.05) is 55.5 Å². The molecule has 4 aromatic rings. The monoisotopic (exact) mass is 439 g/mol. The lowest BCUT2D eigenvalue weighted by molar-refractivity contribution is 0.101. The third-order valence-electron chi connectivity index (χ3n) is 6.06. The van der Waals surface area contributed by atoms with Gasteiger partial charge in [0.1, 0.15) is 23.9 Å². The van der Waals surface area contributed by atoms with Gasteiger partial charge in [0.25, 0.3) is 0 Å². The topological polar surface area (TPSA) is 49.7 Å². The first kappa shape index (κ1) is 20.9. The molecule has 3 aromatic carbocycles. The van der Waals surface area contributed by atoms with Crippen molar-refractivity contribution in [2.24, 2.45) is 0 Å². The number of ketones is 1. The highest BCUT2D eigenvalue weighted by atomic mass is 16.5. The molecule has 0 spiro atoms. The number of carbonyl (C=O) groups is 1. The first-order valence-corrected chi connectivity index (χ1v) is 11.0. The number of Topliss-reactive ketones (excluding diaryl/α,β-unsaturated/α-hetero) is 1. The molecule has 1 aliphatic rings. The Labute approximate surface area is 192 Å².